The Morgan fingerprint density at radius 2 is 1.78 bits per heavy atom. The van der Waals surface area contributed by atoms with Crippen molar-refractivity contribution in [2.75, 3.05) is 6.54 Å². The Balaban J connectivity index is 2.32. The predicted octanol–water partition coefficient (Wildman–Crippen LogP) is -0.0168. The molecule has 3 aromatic rings. The molecule has 0 aliphatic rings. The van der Waals surface area contributed by atoms with Crippen LogP contribution >= 0.6 is 0 Å². The van der Waals surface area contributed by atoms with E-state index in [2.05, 4.69) is 4.98 Å². The molecule has 120 valence electrons. The van der Waals surface area contributed by atoms with Crippen LogP contribution in [0, 0.1) is 0 Å². The van der Waals surface area contributed by atoms with Crippen molar-refractivity contribution < 1.29 is 0 Å². The molecule has 0 bridgehead atoms. The zero-order chi connectivity index (χ0) is 16.6. The summed E-state index contributed by atoms with van der Waals surface area (Å²) < 4.78 is 4.37. The second-order valence-electron chi connectivity index (χ2n) is 5.52. The van der Waals surface area contributed by atoms with Crippen LogP contribution in [0.25, 0.3) is 11.2 Å². The number of fused-ring (bicyclic) bond motifs is 1. The van der Waals surface area contributed by atoms with Crippen molar-refractivity contribution >= 4 is 11.2 Å². The maximum Gasteiger partial charge on any atom is 0.332 e. The quantitative estimate of drug-likeness (QED) is 0.733. The molecule has 0 unspecified atom stereocenters. The van der Waals surface area contributed by atoms with Crippen LogP contribution in [-0.4, -0.2) is 25.2 Å². The summed E-state index contributed by atoms with van der Waals surface area (Å²) >= 11 is 0. The molecule has 2 heterocycles. The Kier molecular flexibility index (Phi) is 3.87. The number of rotatable bonds is 4. The summed E-state index contributed by atoms with van der Waals surface area (Å²) in [6, 6.07) is 9.82. The second-order valence-corrected chi connectivity index (χ2v) is 5.52. The number of hydrogen-bond donors (Lipinski definition) is 1. The van der Waals surface area contributed by atoms with Crippen LogP contribution < -0.4 is 17.0 Å². The van der Waals surface area contributed by atoms with Gasteiger partial charge in [0, 0.05) is 27.1 Å². The fraction of sp³-hybridized carbons (Fsp3) is 0.312. The SMILES string of the molecule is Cn1c(=O)c2c(nc(CCN)n2Cc2ccccc2)n(C)c1=O. The topological polar surface area (TPSA) is 87.8 Å². The molecule has 0 atom stereocenters. The molecule has 0 saturated carbocycles. The number of aromatic nitrogens is 4. The Morgan fingerprint density at radius 3 is 2.43 bits per heavy atom. The van der Waals surface area contributed by atoms with Crippen LogP contribution in [0.2, 0.25) is 0 Å². The average molecular weight is 313 g/mol. The van der Waals surface area contributed by atoms with Crippen LogP contribution in [0.15, 0.2) is 39.9 Å². The van der Waals surface area contributed by atoms with Gasteiger partial charge in [-0.05, 0) is 12.1 Å². The summed E-state index contributed by atoms with van der Waals surface area (Å²) in [7, 11) is 3.10. The highest BCUT2D eigenvalue weighted by Gasteiger charge is 2.18. The van der Waals surface area contributed by atoms with E-state index in [4.69, 9.17) is 5.73 Å². The fourth-order valence-corrected chi connectivity index (χ4v) is 2.75. The van der Waals surface area contributed by atoms with Gasteiger partial charge < -0.3 is 10.3 Å². The van der Waals surface area contributed by atoms with Crippen LogP contribution in [0.4, 0.5) is 0 Å². The normalized spacial score (nSPS) is 11.3. The van der Waals surface area contributed by atoms with E-state index in [1.165, 1.54) is 11.6 Å². The summed E-state index contributed by atoms with van der Waals surface area (Å²) in [6.45, 7) is 0.937. The average Bonchev–Trinajstić information content (AvgIpc) is 2.91. The molecule has 0 saturated heterocycles. The number of aryl methyl sites for hydroxylation is 1. The summed E-state index contributed by atoms with van der Waals surface area (Å²) in [6.07, 6.45) is 0.541. The maximum absolute atomic E-state index is 12.6. The zero-order valence-corrected chi connectivity index (χ0v) is 13.2. The van der Waals surface area contributed by atoms with Crippen molar-refractivity contribution in [1.82, 2.24) is 18.7 Å². The van der Waals surface area contributed by atoms with Gasteiger partial charge in [0.15, 0.2) is 11.2 Å². The summed E-state index contributed by atoms with van der Waals surface area (Å²) in [5.74, 6) is 0.713. The molecular weight excluding hydrogens is 294 g/mol. The van der Waals surface area contributed by atoms with E-state index in [9.17, 15) is 9.59 Å². The molecule has 2 N–H and O–H groups in total. The molecule has 2 aromatic heterocycles. The molecule has 23 heavy (non-hydrogen) atoms. The van der Waals surface area contributed by atoms with Gasteiger partial charge in [0.2, 0.25) is 0 Å². The van der Waals surface area contributed by atoms with E-state index < -0.39 is 0 Å². The van der Waals surface area contributed by atoms with Crippen molar-refractivity contribution in [2.45, 2.75) is 13.0 Å². The lowest BCUT2D eigenvalue weighted by Crippen LogP contribution is -2.37. The summed E-state index contributed by atoms with van der Waals surface area (Å²) in [4.78, 5) is 29.2. The highest BCUT2D eigenvalue weighted by molar-refractivity contribution is 5.71. The first-order chi connectivity index (χ1) is 11.0. The molecule has 0 fully saturated rings. The number of nitrogens with zero attached hydrogens (tertiary/aromatic N) is 4. The zero-order valence-electron chi connectivity index (χ0n) is 13.2. The lowest BCUT2D eigenvalue weighted by atomic mass is 10.2. The van der Waals surface area contributed by atoms with Crippen molar-refractivity contribution in [3.63, 3.8) is 0 Å². The highest BCUT2D eigenvalue weighted by atomic mass is 16.2. The first kappa shape index (κ1) is 15.2. The van der Waals surface area contributed by atoms with Gasteiger partial charge in [-0.3, -0.25) is 13.9 Å². The van der Waals surface area contributed by atoms with E-state index in [0.29, 0.717) is 36.5 Å². The van der Waals surface area contributed by atoms with E-state index in [1.54, 1.807) is 7.05 Å². The van der Waals surface area contributed by atoms with Crippen LogP contribution in [0.3, 0.4) is 0 Å². The molecule has 0 spiro atoms. The molecule has 0 aliphatic carbocycles. The molecule has 7 nitrogen and oxygen atoms in total. The van der Waals surface area contributed by atoms with Crippen molar-refractivity contribution in [3.8, 4) is 0 Å². The predicted molar refractivity (Wildman–Crippen MR) is 88.5 cm³/mol. The largest absolute Gasteiger partial charge is 0.332 e. The minimum Gasteiger partial charge on any atom is -0.330 e. The van der Waals surface area contributed by atoms with Gasteiger partial charge in [-0.15, -0.1) is 0 Å². The molecule has 1 aromatic carbocycles. The lowest BCUT2D eigenvalue weighted by molar-refractivity contribution is 0.698. The molecule has 0 radical (unpaired) electrons. The standard InChI is InChI=1S/C16H19N5O2/c1-19-14-13(15(22)20(2)16(19)23)21(12(18-14)8-9-17)10-11-6-4-3-5-7-11/h3-7H,8-10,17H2,1-2H3. The van der Waals surface area contributed by atoms with E-state index in [-0.39, 0.29) is 11.2 Å². The van der Waals surface area contributed by atoms with Crippen LogP contribution in [0.1, 0.15) is 11.4 Å². The van der Waals surface area contributed by atoms with E-state index in [1.807, 2.05) is 34.9 Å². The van der Waals surface area contributed by atoms with Gasteiger partial charge in [0.1, 0.15) is 5.82 Å². The van der Waals surface area contributed by atoms with Gasteiger partial charge in [-0.25, -0.2) is 9.78 Å². The number of nitrogens with two attached hydrogens (primary N) is 1. The maximum atomic E-state index is 12.6. The first-order valence-corrected chi connectivity index (χ1v) is 7.43. The third-order valence-corrected chi connectivity index (χ3v) is 3.98. The van der Waals surface area contributed by atoms with Gasteiger partial charge >= 0.3 is 5.69 Å². The van der Waals surface area contributed by atoms with Gasteiger partial charge in [-0.2, -0.15) is 0 Å². The number of imidazole rings is 1. The van der Waals surface area contributed by atoms with Crippen LogP contribution in [0.5, 0.6) is 0 Å². The van der Waals surface area contributed by atoms with Gasteiger partial charge in [-0.1, -0.05) is 30.3 Å². The van der Waals surface area contributed by atoms with Crippen molar-refractivity contribution in [2.24, 2.45) is 19.8 Å². The Hall–Kier alpha value is -2.67. The molecule has 3 rings (SSSR count). The molecule has 0 aliphatic heterocycles. The first-order valence-electron chi connectivity index (χ1n) is 7.43. The van der Waals surface area contributed by atoms with Crippen LogP contribution in [-0.2, 0) is 27.1 Å². The van der Waals surface area contributed by atoms with E-state index in [0.717, 1.165) is 10.1 Å². The summed E-state index contributed by atoms with van der Waals surface area (Å²) in [5, 5.41) is 0. The lowest BCUT2D eigenvalue weighted by Gasteiger charge is -2.09. The minimum atomic E-state index is -0.383. The highest BCUT2D eigenvalue weighted by Crippen LogP contribution is 2.14. The van der Waals surface area contributed by atoms with Crippen molar-refractivity contribution in [3.05, 3.63) is 62.6 Å². The van der Waals surface area contributed by atoms with Gasteiger partial charge in [0.25, 0.3) is 5.56 Å². The third-order valence-electron chi connectivity index (χ3n) is 3.98. The monoisotopic (exact) mass is 313 g/mol. The van der Waals surface area contributed by atoms with E-state index >= 15 is 0 Å². The second kappa shape index (κ2) is 5.85. The Morgan fingerprint density at radius 1 is 1.09 bits per heavy atom. The Labute approximate surface area is 132 Å². The number of hydrogen-bond acceptors (Lipinski definition) is 4. The molecule has 0 amide bonds. The van der Waals surface area contributed by atoms with Gasteiger partial charge in [0.05, 0.1) is 0 Å². The number of benzene rings is 1. The smallest absolute Gasteiger partial charge is 0.330 e. The summed E-state index contributed by atoms with van der Waals surface area (Å²) in [5.41, 5.74) is 6.84. The molecular formula is C16H19N5O2. The minimum absolute atomic E-state index is 0.338. The fourth-order valence-electron chi connectivity index (χ4n) is 2.75. The third kappa shape index (κ3) is 2.49. The van der Waals surface area contributed by atoms with Crippen molar-refractivity contribution in [1.29, 1.82) is 0 Å². The molecule has 7 heteroatoms. The Bertz CT molecular complexity index is 966.